The molecule has 114 valence electrons. The Bertz CT molecular complexity index is 524. The molecular weight excluding hydrogens is 286 g/mol. The van der Waals surface area contributed by atoms with Crippen LogP contribution in [0.3, 0.4) is 0 Å². The third kappa shape index (κ3) is 3.67. The van der Waals surface area contributed by atoms with Crippen LogP contribution in [0.1, 0.15) is 6.92 Å². The number of piperazine rings is 1. The number of hydroxylamine groups is 2. The number of rotatable bonds is 2. The molecule has 1 fully saturated rings. The lowest BCUT2D eigenvalue weighted by molar-refractivity contribution is -0.0614. The zero-order valence-corrected chi connectivity index (χ0v) is 12.2. The molecule has 1 saturated heterocycles. The summed E-state index contributed by atoms with van der Waals surface area (Å²) in [5, 5.41) is 0.856. The van der Waals surface area contributed by atoms with E-state index in [0.717, 1.165) is 31.2 Å². The minimum Gasteiger partial charge on any atom is -0.354 e. The van der Waals surface area contributed by atoms with Gasteiger partial charge in [-0.15, -0.1) is 4.28 Å². The van der Waals surface area contributed by atoms with Crippen molar-refractivity contribution >= 4 is 16.2 Å². The molecule has 1 unspecified atom stereocenters. The first-order valence-corrected chi connectivity index (χ1v) is 7.54. The lowest BCUT2D eigenvalue weighted by Crippen LogP contribution is -2.50. The molecule has 0 spiro atoms. The van der Waals surface area contributed by atoms with E-state index in [1.807, 2.05) is 0 Å². The summed E-state index contributed by atoms with van der Waals surface area (Å²) in [6, 6.07) is 0. The van der Waals surface area contributed by atoms with Crippen molar-refractivity contribution in [3.05, 3.63) is 11.8 Å². The number of nitrogens with two attached hydrogens (primary N) is 1. The zero-order chi connectivity index (χ0) is 14.9. The molecule has 20 heavy (non-hydrogen) atoms. The van der Waals surface area contributed by atoms with Crippen molar-refractivity contribution in [1.82, 2.24) is 14.9 Å². The Hall–Kier alpha value is -1.20. The molecule has 0 amide bonds. The third-order valence-corrected chi connectivity index (χ3v) is 3.54. The van der Waals surface area contributed by atoms with Crippen LogP contribution in [0.25, 0.3) is 0 Å². The first-order valence-electron chi connectivity index (χ1n) is 6.18. The number of allylic oxidation sites excluding steroid dienone is 1. The van der Waals surface area contributed by atoms with E-state index in [1.165, 1.54) is 0 Å². The second-order valence-corrected chi connectivity index (χ2v) is 5.81. The number of amidine groups is 1. The van der Waals surface area contributed by atoms with E-state index >= 15 is 0 Å². The Morgan fingerprint density at radius 3 is 2.50 bits per heavy atom. The first-order chi connectivity index (χ1) is 9.26. The smallest absolute Gasteiger partial charge is 0.354 e. The fraction of sp³-hybridized carbons (Fsp3) is 0.700. The number of nitrogens with zero attached hydrogens (tertiary/aromatic N) is 4. The summed E-state index contributed by atoms with van der Waals surface area (Å²) < 4.78 is 34.6. The predicted octanol–water partition coefficient (Wildman–Crippen LogP) is -1.17. The van der Waals surface area contributed by atoms with E-state index in [-0.39, 0.29) is 0 Å². The standard InChI is InChI=1S/C10H19N5O4S/c1-8-7-9(14-5-3-13(2)4-6-14)12-10(11)15(8)19-20(16,17)18/h7,10H,3-6,11H2,1-2H3,(H,16,17,18). The molecule has 0 aromatic rings. The molecule has 0 radical (unpaired) electrons. The second-order valence-electron chi connectivity index (χ2n) is 4.81. The molecule has 0 aromatic carbocycles. The molecule has 0 bridgehead atoms. The van der Waals surface area contributed by atoms with Crippen molar-refractivity contribution in [3.8, 4) is 0 Å². The molecule has 0 saturated carbocycles. The van der Waals surface area contributed by atoms with Gasteiger partial charge < -0.3 is 9.80 Å². The number of aliphatic imine (C=N–C) groups is 1. The second kappa shape index (κ2) is 5.66. The van der Waals surface area contributed by atoms with Crippen molar-refractivity contribution < 1.29 is 17.3 Å². The van der Waals surface area contributed by atoms with E-state index in [1.54, 1.807) is 13.0 Å². The predicted molar refractivity (Wildman–Crippen MR) is 72.7 cm³/mol. The third-order valence-electron chi connectivity index (χ3n) is 3.19. The van der Waals surface area contributed by atoms with Crippen LogP contribution in [0, 0.1) is 0 Å². The van der Waals surface area contributed by atoms with Crippen LogP contribution >= 0.6 is 0 Å². The summed E-state index contributed by atoms with van der Waals surface area (Å²) >= 11 is 0. The topological polar surface area (TPSA) is 112 Å². The van der Waals surface area contributed by atoms with Gasteiger partial charge in [-0.3, -0.25) is 10.3 Å². The van der Waals surface area contributed by atoms with Crippen LogP contribution in [-0.2, 0) is 14.7 Å². The van der Waals surface area contributed by atoms with Gasteiger partial charge in [-0.25, -0.2) is 10.1 Å². The maximum Gasteiger partial charge on any atom is 0.418 e. The molecule has 2 rings (SSSR count). The van der Waals surface area contributed by atoms with E-state index in [0.29, 0.717) is 11.5 Å². The van der Waals surface area contributed by atoms with Crippen molar-refractivity contribution in [2.75, 3.05) is 33.2 Å². The monoisotopic (exact) mass is 305 g/mol. The van der Waals surface area contributed by atoms with Gasteiger partial charge in [0.2, 0.25) is 6.29 Å². The molecule has 9 nitrogen and oxygen atoms in total. The normalized spacial score (nSPS) is 25.5. The van der Waals surface area contributed by atoms with Crippen molar-refractivity contribution in [2.24, 2.45) is 10.7 Å². The van der Waals surface area contributed by atoms with E-state index in [2.05, 4.69) is 26.1 Å². The maximum absolute atomic E-state index is 10.8. The largest absolute Gasteiger partial charge is 0.418 e. The molecule has 3 N–H and O–H groups in total. The highest BCUT2D eigenvalue weighted by Gasteiger charge is 2.27. The highest BCUT2D eigenvalue weighted by atomic mass is 32.3. The molecular formula is C10H19N5O4S. The van der Waals surface area contributed by atoms with Gasteiger partial charge in [0.1, 0.15) is 5.84 Å². The molecule has 2 aliphatic heterocycles. The molecule has 1 atom stereocenters. The minimum atomic E-state index is -4.62. The summed E-state index contributed by atoms with van der Waals surface area (Å²) in [6.45, 7) is 5.13. The lowest BCUT2D eigenvalue weighted by atomic mass is 10.2. The Labute approximate surface area is 118 Å². The van der Waals surface area contributed by atoms with E-state index in [4.69, 9.17) is 10.3 Å². The summed E-state index contributed by atoms with van der Waals surface area (Å²) in [4.78, 5) is 8.49. The number of likely N-dealkylation sites (N-methyl/N-ethyl adjacent to an activating group) is 1. The van der Waals surface area contributed by atoms with Crippen LogP contribution in [0.5, 0.6) is 0 Å². The first kappa shape index (κ1) is 15.2. The summed E-state index contributed by atoms with van der Waals surface area (Å²) in [5.41, 5.74) is 6.22. The molecule has 0 aromatic heterocycles. The van der Waals surface area contributed by atoms with Crippen LogP contribution in [0.15, 0.2) is 16.8 Å². The average molecular weight is 305 g/mol. The summed E-state index contributed by atoms with van der Waals surface area (Å²) in [5.74, 6) is 0.693. The van der Waals surface area contributed by atoms with Crippen molar-refractivity contribution in [1.29, 1.82) is 0 Å². The fourth-order valence-corrected chi connectivity index (χ4v) is 2.51. The van der Waals surface area contributed by atoms with Gasteiger partial charge >= 0.3 is 10.4 Å². The average Bonchev–Trinajstić information content (AvgIpc) is 2.33. The Morgan fingerprint density at radius 2 is 2.00 bits per heavy atom. The number of hydrogen-bond acceptors (Lipinski definition) is 8. The van der Waals surface area contributed by atoms with Gasteiger partial charge in [-0.05, 0) is 14.0 Å². The molecule has 2 aliphatic rings. The van der Waals surface area contributed by atoms with Gasteiger partial charge in [0.25, 0.3) is 0 Å². The van der Waals surface area contributed by atoms with Gasteiger partial charge in [0, 0.05) is 38.0 Å². The molecule has 10 heteroatoms. The van der Waals surface area contributed by atoms with Crippen LogP contribution in [0.2, 0.25) is 0 Å². The van der Waals surface area contributed by atoms with Crippen LogP contribution < -0.4 is 5.73 Å². The molecule has 2 heterocycles. The lowest BCUT2D eigenvalue weighted by Gasteiger charge is -2.37. The van der Waals surface area contributed by atoms with E-state index in [9.17, 15) is 8.42 Å². The Morgan fingerprint density at radius 1 is 1.40 bits per heavy atom. The summed E-state index contributed by atoms with van der Waals surface area (Å²) in [7, 11) is -2.57. The fourth-order valence-electron chi connectivity index (χ4n) is 2.10. The Kier molecular flexibility index (Phi) is 4.30. The highest BCUT2D eigenvalue weighted by molar-refractivity contribution is 7.80. The maximum atomic E-state index is 10.8. The van der Waals surface area contributed by atoms with Crippen molar-refractivity contribution in [2.45, 2.75) is 13.2 Å². The van der Waals surface area contributed by atoms with Crippen LogP contribution in [-0.4, -0.2) is 73.2 Å². The highest BCUT2D eigenvalue weighted by Crippen LogP contribution is 2.17. The Balaban J connectivity index is 2.10. The van der Waals surface area contributed by atoms with Crippen molar-refractivity contribution in [3.63, 3.8) is 0 Å². The quantitative estimate of drug-likeness (QED) is 0.614. The number of hydrogen-bond donors (Lipinski definition) is 2. The summed E-state index contributed by atoms with van der Waals surface area (Å²) in [6.07, 6.45) is 0.663. The SMILES string of the molecule is CC1=CC(N2CCN(C)CC2)=NC(N)N1OS(=O)(=O)O. The van der Waals surface area contributed by atoms with Gasteiger partial charge in [0.15, 0.2) is 0 Å². The van der Waals surface area contributed by atoms with E-state index < -0.39 is 16.7 Å². The van der Waals surface area contributed by atoms with Gasteiger partial charge in [-0.1, -0.05) is 0 Å². The van der Waals surface area contributed by atoms with Crippen LogP contribution in [0.4, 0.5) is 0 Å². The van der Waals surface area contributed by atoms with Gasteiger partial charge in [-0.2, -0.15) is 8.42 Å². The zero-order valence-electron chi connectivity index (χ0n) is 11.4. The van der Waals surface area contributed by atoms with Gasteiger partial charge in [0.05, 0.1) is 0 Å². The molecule has 0 aliphatic carbocycles. The minimum absolute atomic E-state index is 0.457.